The van der Waals surface area contributed by atoms with Gasteiger partial charge >= 0.3 is 6.03 Å². The number of urea groups is 1. The van der Waals surface area contributed by atoms with Gasteiger partial charge in [0.15, 0.2) is 0 Å². The summed E-state index contributed by atoms with van der Waals surface area (Å²) < 4.78 is 1.87. The number of carbonyl (C=O) groups is 1. The number of benzene rings is 1. The molecule has 0 saturated carbocycles. The van der Waals surface area contributed by atoms with Crippen LogP contribution >= 0.6 is 31.9 Å². The number of primary amides is 1. The molecule has 1 aromatic rings. The topological polar surface area (TPSA) is 67.5 Å². The van der Waals surface area contributed by atoms with Crippen LogP contribution in [0.1, 0.15) is 5.56 Å². The van der Waals surface area contributed by atoms with Crippen molar-refractivity contribution in [3.8, 4) is 0 Å². The third kappa shape index (κ3) is 3.47. The quantitative estimate of drug-likeness (QED) is 0.636. The molecule has 0 unspecified atom stereocenters. The first-order valence-electron chi connectivity index (χ1n) is 3.63. The number of rotatable bonds is 2. The van der Waals surface area contributed by atoms with E-state index < -0.39 is 6.03 Å². The van der Waals surface area contributed by atoms with Crippen LogP contribution in [-0.2, 0) is 0 Å². The number of carbonyl (C=O) groups excluding carboxylic acids is 1. The maximum atomic E-state index is 10.3. The van der Waals surface area contributed by atoms with Crippen molar-refractivity contribution < 1.29 is 4.79 Å². The molecule has 6 heteroatoms. The highest BCUT2D eigenvalue weighted by Crippen LogP contribution is 2.22. The fraction of sp³-hybridized carbons (Fsp3) is 0. The Morgan fingerprint density at radius 2 is 2.14 bits per heavy atom. The lowest BCUT2D eigenvalue weighted by Gasteiger charge is -1.97. The average molecular weight is 321 g/mol. The molecule has 0 bridgehead atoms. The fourth-order valence-corrected chi connectivity index (χ4v) is 1.41. The van der Waals surface area contributed by atoms with Crippen molar-refractivity contribution in [1.82, 2.24) is 5.43 Å². The monoisotopic (exact) mass is 319 g/mol. The molecule has 0 heterocycles. The van der Waals surface area contributed by atoms with E-state index in [2.05, 4.69) is 42.4 Å². The molecular weight excluding hydrogens is 314 g/mol. The van der Waals surface area contributed by atoms with Crippen molar-refractivity contribution in [2.75, 3.05) is 0 Å². The van der Waals surface area contributed by atoms with Gasteiger partial charge in [-0.3, -0.25) is 0 Å². The van der Waals surface area contributed by atoms with E-state index in [-0.39, 0.29) is 0 Å². The first kappa shape index (κ1) is 11.2. The zero-order valence-corrected chi connectivity index (χ0v) is 10.2. The molecular formula is C8H7Br2N3O. The molecule has 0 spiro atoms. The van der Waals surface area contributed by atoms with Crippen molar-refractivity contribution in [1.29, 1.82) is 0 Å². The highest BCUT2D eigenvalue weighted by atomic mass is 79.9. The average Bonchev–Trinajstić information content (AvgIpc) is 2.10. The van der Waals surface area contributed by atoms with Crippen LogP contribution in [0.25, 0.3) is 0 Å². The normalized spacial score (nSPS) is 10.4. The summed E-state index contributed by atoms with van der Waals surface area (Å²) in [6.45, 7) is 0. The molecule has 1 rings (SSSR count). The Labute approximate surface area is 97.8 Å². The second kappa shape index (κ2) is 5.11. The summed E-state index contributed by atoms with van der Waals surface area (Å²) in [5, 5.41) is 3.63. The molecule has 0 radical (unpaired) electrons. The first-order chi connectivity index (χ1) is 6.59. The summed E-state index contributed by atoms with van der Waals surface area (Å²) >= 11 is 6.69. The van der Waals surface area contributed by atoms with Crippen molar-refractivity contribution >= 4 is 44.1 Å². The number of hydrogen-bond donors (Lipinski definition) is 2. The number of nitrogens with one attached hydrogen (secondary N) is 1. The van der Waals surface area contributed by atoms with E-state index >= 15 is 0 Å². The SMILES string of the molecule is NC(=O)N/N=C/c1ccc(Br)c(Br)c1. The summed E-state index contributed by atoms with van der Waals surface area (Å²) in [4.78, 5) is 10.3. The molecule has 14 heavy (non-hydrogen) atoms. The lowest BCUT2D eigenvalue weighted by atomic mass is 10.2. The van der Waals surface area contributed by atoms with Crippen LogP contribution in [0.4, 0.5) is 4.79 Å². The molecule has 4 nitrogen and oxygen atoms in total. The van der Waals surface area contributed by atoms with E-state index in [1.54, 1.807) is 0 Å². The number of amides is 2. The predicted octanol–water partition coefficient (Wildman–Crippen LogP) is 2.21. The van der Waals surface area contributed by atoms with Gasteiger partial charge in [0.05, 0.1) is 6.21 Å². The second-order valence-electron chi connectivity index (χ2n) is 2.41. The first-order valence-corrected chi connectivity index (χ1v) is 5.22. The summed E-state index contributed by atoms with van der Waals surface area (Å²) in [6, 6.07) is 4.89. The zero-order valence-electron chi connectivity index (χ0n) is 7.00. The van der Waals surface area contributed by atoms with Crippen molar-refractivity contribution in [3.63, 3.8) is 0 Å². The van der Waals surface area contributed by atoms with Gasteiger partial charge in [-0.15, -0.1) is 0 Å². The molecule has 0 fully saturated rings. The number of hydrazone groups is 1. The van der Waals surface area contributed by atoms with Crippen LogP contribution < -0.4 is 11.2 Å². The Balaban J connectivity index is 2.73. The Hall–Kier alpha value is -0.880. The molecule has 1 aromatic carbocycles. The van der Waals surface area contributed by atoms with Crippen LogP contribution in [0.2, 0.25) is 0 Å². The maximum absolute atomic E-state index is 10.3. The molecule has 0 atom stereocenters. The van der Waals surface area contributed by atoms with Gasteiger partial charge in [-0.05, 0) is 49.6 Å². The van der Waals surface area contributed by atoms with E-state index in [0.29, 0.717) is 0 Å². The van der Waals surface area contributed by atoms with E-state index in [0.717, 1.165) is 14.5 Å². The Morgan fingerprint density at radius 3 is 2.71 bits per heavy atom. The molecule has 0 saturated heterocycles. The lowest BCUT2D eigenvalue weighted by Crippen LogP contribution is -2.24. The lowest BCUT2D eigenvalue weighted by molar-refractivity contribution is 0.249. The van der Waals surface area contributed by atoms with Gasteiger partial charge < -0.3 is 5.73 Å². The minimum Gasteiger partial charge on any atom is -0.350 e. The van der Waals surface area contributed by atoms with E-state index in [1.807, 2.05) is 18.2 Å². The maximum Gasteiger partial charge on any atom is 0.332 e. The Morgan fingerprint density at radius 1 is 1.43 bits per heavy atom. The molecule has 3 N–H and O–H groups in total. The zero-order chi connectivity index (χ0) is 10.6. The van der Waals surface area contributed by atoms with Gasteiger partial charge in [0, 0.05) is 8.95 Å². The summed E-state index contributed by atoms with van der Waals surface area (Å²) in [5.74, 6) is 0. The van der Waals surface area contributed by atoms with E-state index in [1.165, 1.54) is 6.21 Å². The smallest absolute Gasteiger partial charge is 0.332 e. The van der Waals surface area contributed by atoms with Crippen LogP contribution in [0, 0.1) is 0 Å². The Kier molecular flexibility index (Phi) is 4.09. The predicted molar refractivity (Wildman–Crippen MR) is 62.2 cm³/mol. The third-order valence-electron chi connectivity index (χ3n) is 1.33. The number of halogens is 2. The molecule has 0 aromatic heterocycles. The number of nitrogens with zero attached hydrogens (tertiary/aromatic N) is 1. The third-order valence-corrected chi connectivity index (χ3v) is 3.21. The minimum absolute atomic E-state index is 0.683. The van der Waals surface area contributed by atoms with Crippen LogP contribution in [0.15, 0.2) is 32.2 Å². The Bertz CT molecular complexity index is 379. The summed E-state index contributed by atoms with van der Waals surface area (Å²) in [5.41, 5.74) is 7.79. The minimum atomic E-state index is -0.683. The number of hydrogen-bond acceptors (Lipinski definition) is 2. The largest absolute Gasteiger partial charge is 0.350 e. The van der Waals surface area contributed by atoms with E-state index in [9.17, 15) is 4.79 Å². The standard InChI is InChI=1S/C8H7Br2N3O/c9-6-2-1-5(3-7(6)10)4-12-13-8(11)14/h1-4H,(H3,11,13,14)/b12-4+. The molecule has 74 valence electrons. The van der Waals surface area contributed by atoms with Crippen molar-refractivity contribution in [2.45, 2.75) is 0 Å². The molecule has 0 aliphatic carbocycles. The summed E-state index contributed by atoms with van der Waals surface area (Å²) in [6.07, 6.45) is 1.50. The highest BCUT2D eigenvalue weighted by Gasteiger charge is 1.96. The molecule has 2 amide bonds. The van der Waals surface area contributed by atoms with E-state index in [4.69, 9.17) is 5.73 Å². The van der Waals surface area contributed by atoms with Crippen LogP contribution in [0.3, 0.4) is 0 Å². The second-order valence-corrected chi connectivity index (χ2v) is 4.12. The molecule has 0 aliphatic heterocycles. The summed E-state index contributed by atoms with van der Waals surface area (Å²) in [7, 11) is 0. The van der Waals surface area contributed by atoms with Gasteiger partial charge in [-0.2, -0.15) is 5.10 Å². The van der Waals surface area contributed by atoms with Crippen molar-refractivity contribution in [2.24, 2.45) is 10.8 Å². The van der Waals surface area contributed by atoms with Gasteiger partial charge in [-0.1, -0.05) is 6.07 Å². The molecule has 0 aliphatic rings. The van der Waals surface area contributed by atoms with Crippen molar-refractivity contribution in [3.05, 3.63) is 32.7 Å². The van der Waals surface area contributed by atoms with Gasteiger partial charge in [0.2, 0.25) is 0 Å². The van der Waals surface area contributed by atoms with Gasteiger partial charge in [-0.25, -0.2) is 10.2 Å². The number of nitrogens with two attached hydrogens (primary N) is 1. The fourth-order valence-electron chi connectivity index (χ4n) is 0.763. The van der Waals surface area contributed by atoms with Crippen LogP contribution in [-0.4, -0.2) is 12.2 Å². The van der Waals surface area contributed by atoms with Gasteiger partial charge in [0.25, 0.3) is 0 Å². The van der Waals surface area contributed by atoms with Gasteiger partial charge in [0.1, 0.15) is 0 Å². The van der Waals surface area contributed by atoms with Crippen LogP contribution in [0.5, 0.6) is 0 Å². The highest BCUT2D eigenvalue weighted by molar-refractivity contribution is 9.13.